The van der Waals surface area contributed by atoms with Crippen LogP contribution in [0.1, 0.15) is 16.8 Å². The predicted octanol–water partition coefficient (Wildman–Crippen LogP) is 2.22. The van der Waals surface area contributed by atoms with Crippen LogP contribution in [-0.4, -0.2) is 28.3 Å². The molecule has 7 nitrogen and oxygen atoms in total. The molecule has 31 heavy (non-hydrogen) atoms. The highest BCUT2D eigenvalue weighted by Crippen LogP contribution is 2.28. The first-order valence-electron chi connectivity index (χ1n) is 9.49. The van der Waals surface area contributed by atoms with Gasteiger partial charge in [-0.05, 0) is 29.3 Å². The highest BCUT2D eigenvalue weighted by Gasteiger charge is 2.12. The maximum absolute atomic E-state index is 12.9. The molecule has 2 aromatic carbocycles. The van der Waals surface area contributed by atoms with Crippen LogP contribution in [0.5, 0.6) is 11.5 Å². The summed E-state index contributed by atoms with van der Waals surface area (Å²) in [7, 11) is 1.55. The summed E-state index contributed by atoms with van der Waals surface area (Å²) in [5.74, 6) is 1.12. The summed E-state index contributed by atoms with van der Waals surface area (Å²) in [5.41, 5.74) is 1.15. The molecule has 2 aromatic heterocycles. The lowest BCUT2D eigenvalue weighted by molar-refractivity contribution is 0.326. The standard InChI is InChI=1S/C23H19N3O4S/c1-3-11-30-18-10-9-16(13-19(18)29-2)14-20-22(28)26-23(31-20)24-21(27)17(25-26)12-15-7-5-4-6-8-15/h3-10,13-14H,1,11-12H2,2H3/b20-14-. The van der Waals surface area contributed by atoms with Crippen molar-refractivity contribution in [2.75, 3.05) is 13.7 Å². The monoisotopic (exact) mass is 433 g/mol. The van der Waals surface area contributed by atoms with Crippen molar-refractivity contribution in [3.63, 3.8) is 0 Å². The molecule has 0 aliphatic carbocycles. The van der Waals surface area contributed by atoms with Crippen molar-refractivity contribution in [1.29, 1.82) is 0 Å². The van der Waals surface area contributed by atoms with Crippen LogP contribution in [0, 0.1) is 0 Å². The fourth-order valence-corrected chi connectivity index (χ4v) is 3.94. The number of fused-ring (bicyclic) bond motifs is 1. The Labute approximate surface area is 181 Å². The van der Waals surface area contributed by atoms with Gasteiger partial charge >= 0.3 is 0 Å². The summed E-state index contributed by atoms with van der Waals surface area (Å²) in [6.45, 7) is 3.99. The molecule has 0 unspecified atom stereocenters. The van der Waals surface area contributed by atoms with Gasteiger partial charge in [-0.1, -0.05) is 60.4 Å². The molecule has 0 saturated carbocycles. The highest BCUT2D eigenvalue weighted by atomic mass is 32.1. The van der Waals surface area contributed by atoms with Gasteiger partial charge in [-0.25, -0.2) is 0 Å². The largest absolute Gasteiger partial charge is 0.493 e. The van der Waals surface area contributed by atoms with E-state index in [-0.39, 0.29) is 16.2 Å². The maximum atomic E-state index is 12.9. The molecular weight excluding hydrogens is 414 g/mol. The minimum Gasteiger partial charge on any atom is -0.493 e. The average molecular weight is 433 g/mol. The summed E-state index contributed by atoms with van der Waals surface area (Å²) in [5, 5.41) is 4.28. The molecule has 156 valence electrons. The lowest BCUT2D eigenvalue weighted by Gasteiger charge is -2.09. The van der Waals surface area contributed by atoms with E-state index in [1.54, 1.807) is 31.4 Å². The number of hydrogen-bond donors (Lipinski definition) is 0. The van der Waals surface area contributed by atoms with Crippen molar-refractivity contribution in [3.05, 3.63) is 103 Å². The van der Waals surface area contributed by atoms with Gasteiger partial charge in [-0.2, -0.15) is 14.6 Å². The first-order chi connectivity index (χ1) is 15.1. The first kappa shape index (κ1) is 20.5. The molecule has 0 aliphatic rings. The second-order valence-electron chi connectivity index (χ2n) is 6.65. The smallest absolute Gasteiger partial charge is 0.296 e. The van der Waals surface area contributed by atoms with E-state index in [2.05, 4.69) is 16.7 Å². The minimum atomic E-state index is -0.429. The summed E-state index contributed by atoms with van der Waals surface area (Å²) >= 11 is 1.12. The fourth-order valence-electron chi connectivity index (χ4n) is 3.03. The molecule has 0 bridgehead atoms. The SMILES string of the molecule is C=CCOc1ccc(/C=c2\sc3nc(=O)c(Cc4ccccc4)nn3c2=O)cc1OC. The number of ether oxygens (including phenoxy) is 2. The molecule has 0 N–H and O–H groups in total. The van der Waals surface area contributed by atoms with Crippen LogP contribution in [0.4, 0.5) is 0 Å². The Morgan fingerprint density at radius 2 is 1.94 bits per heavy atom. The van der Waals surface area contributed by atoms with E-state index < -0.39 is 5.56 Å². The van der Waals surface area contributed by atoms with Gasteiger partial charge in [0.2, 0.25) is 4.96 Å². The van der Waals surface area contributed by atoms with Gasteiger partial charge in [-0.15, -0.1) is 0 Å². The summed E-state index contributed by atoms with van der Waals surface area (Å²) in [6, 6.07) is 14.8. The van der Waals surface area contributed by atoms with Crippen LogP contribution in [0.2, 0.25) is 0 Å². The zero-order valence-corrected chi connectivity index (χ0v) is 17.6. The van der Waals surface area contributed by atoms with Gasteiger partial charge in [0.25, 0.3) is 11.1 Å². The minimum absolute atomic E-state index is 0.232. The fraction of sp³-hybridized carbons (Fsp3) is 0.130. The molecule has 0 spiro atoms. The van der Waals surface area contributed by atoms with Gasteiger partial charge in [0.05, 0.1) is 11.6 Å². The zero-order chi connectivity index (χ0) is 21.8. The van der Waals surface area contributed by atoms with E-state index in [1.807, 2.05) is 36.4 Å². The predicted molar refractivity (Wildman–Crippen MR) is 120 cm³/mol. The van der Waals surface area contributed by atoms with Crippen molar-refractivity contribution in [2.24, 2.45) is 0 Å². The van der Waals surface area contributed by atoms with Gasteiger partial charge in [0, 0.05) is 6.42 Å². The Morgan fingerprint density at radius 1 is 1.13 bits per heavy atom. The molecule has 0 atom stereocenters. The number of rotatable bonds is 7. The van der Waals surface area contributed by atoms with E-state index >= 15 is 0 Å². The number of nitrogens with zero attached hydrogens (tertiary/aromatic N) is 3. The Kier molecular flexibility index (Phi) is 5.90. The third-order valence-corrected chi connectivity index (χ3v) is 5.47. The number of thiazole rings is 1. The molecule has 4 aromatic rings. The van der Waals surface area contributed by atoms with Crippen molar-refractivity contribution in [2.45, 2.75) is 6.42 Å². The number of benzene rings is 2. The molecule has 2 heterocycles. The third-order valence-electron chi connectivity index (χ3n) is 4.51. The molecule has 0 saturated heterocycles. The zero-order valence-electron chi connectivity index (χ0n) is 16.8. The van der Waals surface area contributed by atoms with Crippen LogP contribution in [-0.2, 0) is 6.42 Å². The van der Waals surface area contributed by atoms with Crippen LogP contribution < -0.4 is 25.1 Å². The van der Waals surface area contributed by atoms with Crippen molar-refractivity contribution < 1.29 is 9.47 Å². The van der Waals surface area contributed by atoms with Crippen molar-refractivity contribution in [3.8, 4) is 11.5 Å². The van der Waals surface area contributed by atoms with E-state index in [0.717, 1.165) is 22.5 Å². The van der Waals surface area contributed by atoms with Gasteiger partial charge in [0.1, 0.15) is 12.3 Å². The van der Waals surface area contributed by atoms with Gasteiger partial charge < -0.3 is 9.47 Å². The van der Waals surface area contributed by atoms with E-state index in [1.165, 1.54) is 4.52 Å². The Morgan fingerprint density at radius 3 is 2.68 bits per heavy atom. The Hall–Kier alpha value is -3.78. The molecule has 8 heteroatoms. The van der Waals surface area contributed by atoms with Gasteiger partial charge in [0.15, 0.2) is 11.5 Å². The number of methoxy groups -OCH3 is 1. The molecule has 0 fully saturated rings. The Bertz CT molecular complexity index is 1410. The summed E-state index contributed by atoms with van der Waals surface area (Å²) in [6.07, 6.45) is 3.67. The number of aromatic nitrogens is 3. The van der Waals surface area contributed by atoms with Crippen molar-refractivity contribution >= 4 is 22.4 Å². The quantitative estimate of drug-likeness (QED) is 0.416. The lowest BCUT2D eigenvalue weighted by Crippen LogP contribution is -2.28. The maximum Gasteiger partial charge on any atom is 0.296 e. The first-order valence-corrected chi connectivity index (χ1v) is 10.3. The summed E-state index contributed by atoms with van der Waals surface area (Å²) < 4.78 is 12.5. The Balaban J connectivity index is 1.74. The second-order valence-corrected chi connectivity index (χ2v) is 7.66. The topological polar surface area (TPSA) is 82.8 Å². The van der Waals surface area contributed by atoms with E-state index in [4.69, 9.17) is 9.47 Å². The van der Waals surface area contributed by atoms with Gasteiger partial charge in [-0.3, -0.25) is 9.59 Å². The third kappa shape index (κ3) is 4.39. The van der Waals surface area contributed by atoms with Crippen LogP contribution in [0.3, 0.4) is 0 Å². The molecule has 0 aliphatic heterocycles. The van der Waals surface area contributed by atoms with Crippen molar-refractivity contribution in [1.82, 2.24) is 14.6 Å². The summed E-state index contributed by atoms with van der Waals surface area (Å²) in [4.78, 5) is 29.6. The second kappa shape index (κ2) is 8.93. The average Bonchev–Trinajstić information content (AvgIpc) is 3.08. The van der Waals surface area contributed by atoms with Crippen LogP contribution in [0.25, 0.3) is 11.0 Å². The van der Waals surface area contributed by atoms with Crippen LogP contribution >= 0.6 is 11.3 Å². The number of hydrogen-bond acceptors (Lipinski definition) is 7. The molecular formula is C23H19N3O4S. The molecule has 0 radical (unpaired) electrons. The highest BCUT2D eigenvalue weighted by molar-refractivity contribution is 7.15. The van der Waals surface area contributed by atoms with E-state index in [0.29, 0.717) is 29.1 Å². The molecule has 0 amide bonds. The lowest BCUT2D eigenvalue weighted by atomic mass is 10.1. The molecule has 4 rings (SSSR count). The normalized spacial score (nSPS) is 11.6. The van der Waals surface area contributed by atoms with E-state index in [9.17, 15) is 9.59 Å². The van der Waals surface area contributed by atoms with Crippen LogP contribution in [0.15, 0.2) is 70.8 Å².